The van der Waals surface area contributed by atoms with Gasteiger partial charge in [-0.15, -0.1) is 0 Å². The van der Waals surface area contributed by atoms with Gasteiger partial charge in [0.25, 0.3) is 0 Å². The number of carbonyl (C=O) groups excluding carboxylic acids is 2. The predicted octanol–water partition coefficient (Wildman–Crippen LogP) is 3.82. The molecule has 0 spiro atoms. The van der Waals surface area contributed by atoms with E-state index in [0.29, 0.717) is 5.75 Å². The summed E-state index contributed by atoms with van der Waals surface area (Å²) in [5.41, 5.74) is 1.83. The lowest BCUT2D eigenvalue weighted by Gasteiger charge is -2.23. The molecule has 6 nitrogen and oxygen atoms in total. The molecular formula is C21H25FN2O4. The van der Waals surface area contributed by atoms with Crippen molar-refractivity contribution < 1.29 is 23.5 Å². The normalized spacial score (nSPS) is 11.6. The van der Waals surface area contributed by atoms with E-state index in [9.17, 15) is 14.0 Å². The van der Waals surface area contributed by atoms with Crippen LogP contribution >= 0.6 is 0 Å². The molecule has 0 aliphatic heterocycles. The molecule has 0 aliphatic rings. The van der Waals surface area contributed by atoms with Crippen LogP contribution in [-0.4, -0.2) is 26.2 Å². The lowest BCUT2D eigenvalue weighted by molar-refractivity contribution is 0.0597. The highest BCUT2D eigenvalue weighted by atomic mass is 19.1. The van der Waals surface area contributed by atoms with Crippen LogP contribution < -0.4 is 15.4 Å². The van der Waals surface area contributed by atoms with Crippen LogP contribution in [0, 0.1) is 11.7 Å². The SMILES string of the molecule is COC(=O)c1cc(CNC(=O)NC(c2ccc(F)cc2)C(C)C)ccc1OC. The zero-order chi connectivity index (χ0) is 20.7. The molecule has 2 aromatic carbocycles. The molecule has 2 N–H and O–H groups in total. The minimum absolute atomic E-state index is 0.114. The molecule has 0 aliphatic carbocycles. The molecule has 1 atom stereocenters. The monoisotopic (exact) mass is 388 g/mol. The first-order valence-corrected chi connectivity index (χ1v) is 8.90. The predicted molar refractivity (Wildman–Crippen MR) is 104 cm³/mol. The van der Waals surface area contributed by atoms with E-state index in [1.807, 2.05) is 13.8 Å². The molecule has 1 unspecified atom stereocenters. The van der Waals surface area contributed by atoms with Crippen molar-refractivity contribution in [1.82, 2.24) is 10.6 Å². The summed E-state index contributed by atoms with van der Waals surface area (Å²) in [6.07, 6.45) is 0. The molecule has 0 heterocycles. The molecule has 0 saturated heterocycles. The van der Waals surface area contributed by atoms with Gasteiger partial charge in [0.05, 0.1) is 20.3 Å². The summed E-state index contributed by atoms with van der Waals surface area (Å²) in [5, 5.41) is 5.67. The smallest absolute Gasteiger partial charge is 0.341 e. The summed E-state index contributed by atoms with van der Waals surface area (Å²) in [5.74, 6) is -0.324. The second-order valence-corrected chi connectivity index (χ2v) is 6.63. The van der Waals surface area contributed by atoms with Crippen molar-refractivity contribution in [2.45, 2.75) is 26.4 Å². The van der Waals surface area contributed by atoms with E-state index in [4.69, 9.17) is 9.47 Å². The number of nitrogens with one attached hydrogen (secondary N) is 2. The third kappa shape index (κ3) is 5.45. The number of hydrogen-bond donors (Lipinski definition) is 2. The fourth-order valence-electron chi connectivity index (χ4n) is 2.81. The maximum atomic E-state index is 13.1. The molecule has 0 fully saturated rings. The second-order valence-electron chi connectivity index (χ2n) is 6.63. The van der Waals surface area contributed by atoms with Gasteiger partial charge in [-0.3, -0.25) is 0 Å². The maximum absolute atomic E-state index is 13.1. The van der Waals surface area contributed by atoms with Crippen molar-refractivity contribution in [3.8, 4) is 5.75 Å². The van der Waals surface area contributed by atoms with Crippen molar-refractivity contribution in [2.75, 3.05) is 14.2 Å². The van der Waals surface area contributed by atoms with E-state index >= 15 is 0 Å². The first-order chi connectivity index (χ1) is 13.3. The topological polar surface area (TPSA) is 76.7 Å². The lowest BCUT2D eigenvalue weighted by atomic mass is 9.96. The number of carbonyl (C=O) groups is 2. The molecule has 2 aromatic rings. The van der Waals surface area contributed by atoms with E-state index < -0.39 is 5.97 Å². The molecule has 28 heavy (non-hydrogen) atoms. The number of hydrogen-bond acceptors (Lipinski definition) is 4. The molecule has 0 saturated carbocycles. The Morgan fingerprint density at radius 1 is 1.07 bits per heavy atom. The van der Waals surface area contributed by atoms with Crippen molar-refractivity contribution in [2.24, 2.45) is 5.92 Å². The summed E-state index contributed by atoms with van der Waals surface area (Å²) < 4.78 is 23.1. The van der Waals surface area contributed by atoms with Gasteiger partial charge < -0.3 is 20.1 Å². The van der Waals surface area contributed by atoms with Crippen LogP contribution in [0.25, 0.3) is 0 Å². The average molecular weight is 388 g/mol. The minimum Gasteiger partial charge on any atom is -0.496 e. The number of methoxy groups -OCH3 is 2. The molecule has 0 bridgehead atoms. The number of urea groups is 1. The van der Waals surface area contributed by atoms with Crippen molar-refractivity contribution in [1.29, 1.82) is 0 Å². The third-order valence-electron chi connectivity index (χ3n) is 4.30. The highest BCUT2D eigenvalue weighted by Crippen LogP contribution is 2.22. The molecular weight excluding hydrogens is 363 g/mol. The highest BCUT2D eigenvalue weighted by molar-refractivity contribution is 5.92. The largest absolute Gasteiger partial charge is 0.496 e. The van der Waals surface area contributed by atoms with Gasteiger partial charge in [-0.25, -0.2) is 14.0 Å². The Labute approximate surface area is 164 Å². The zero-order valence-electron chi connectivity index (χ0n) is 16.4. The Morgan fingerprint density at radius 3 is 2.32 bits per heavy atom. The summed E-state index contributed by atoms with van der Waals surface area (Å²) >= 11 is 0. The molecule has 0 radical (unpaired) electrons. The van der Waals surface area contributed by atoms with E-state index in [2.05, 4.69) is 10.6 Å². The van der Waals surface area contributed by atoms with Crippen LogP contribution in [-0.2, 0) is 11.3 Å². The van der Waals surface area contributed by atoms with Crippen LogP contribution in [0.3, 0.4) is 0 Å². The summed E-state index contributed by atoms with van der Waals surface area (Å²) in [6.45, 7) is 4.16. The standard InChI is InChI=1S/C21H25FN2O4/c1-13(2)19(15-6-8-16(22)9-7-15)24-21(26)23-12-14-5-10-18(27-3)17(11-14)20(25)28-4/h5-11,13,19H,12H2,1-4H3,(H2,23,24,26). The Bertz CT molecular complexity index is 822. The van der Waals surface area contributed by atoms with E-state index in [1.165, 1.54) is 26.4 Å². The summed E-state index contributed by atoms with van der Waals surface area (Å²) in [4.78, 5) is 24.2. The van der Waals surface area contributed by atoms with E-state index in [1.54, 1.807) is 30.3 Å². The van der Waals surface area contributed by atoms with Crippen LogP contribution in [0.1, 0.15) is 41.4 Å². The number of benzene rings is 2. The minimum atomic E-state index is -0.515. The second kappa shape index (κ2) is 9.73. The van der Waals surface area contributed by atoms with Gasteiger partial charge in [0, 0.05) is 6.54 Å². The first kappa shape index (κ1) is 21.2. The van der Waals surface area contributed by atoms with Crippen LogP contribution in [0.2, 0.25) is 0 Å². The number of ether oxygens (including phenoxy) is 2. The van der Waals surface area contributed by atoms with Gasteiger partial charge in [0.15, 0.2) is 0 Å². The zero-order valence-corrected chi connectivity index (χ0v) is 16.4. The molecule has 2 amide bonds. The van der Waals surface area contributed by atoms with Gasteiger partial charge in [-0.1, -0.05) is 32.0 Å². The number of rotatable bonds is 7. The maximum Gasteiger partial charge on any atom is 0.341 e. The number of halogens is 1. The Hall–Kier alpha value is -3.09. The Balaban J connectivity index is 2.04. The van der Waals surface area contributed by atoms with E-state index in [0.717, 1.165) is 11.1 Å². The highest BCUT2D eigenvalue weighted by Gasteiger charge is 2.19. The average Bonchev–Trinajstić information content (AvgIpc) is 2.70. The molecule has 0 aromatic heterocycles. The van der Waals surface area contributed by atoms with E-state index in [-0.39, 0.29) is 35.9 Å². The fraction of sp³-hybridized carbons (Fsp3) is 0.333. The van der Waals surface area contributed by atoms with Crippen LogP contribution in [0.15, 0.2) is 42.5 Å². The summed E-state index contributed by atoms with van der Waals surface area (Å²) in [7, 11) is 2.76. The number of amides is 2. The lowest BCUT2D eigenvalue weighted by Crippen LogP contribution is -2.39. The van der Waals surface area contributed by atoms with Gasteiger partial charge >= 0.3 is 12.0 Å². The van der Waals surface area contributed by atoms with Crippen LogP contribution in [0.5, 0.6) is 5.75 Å². The van der Waals surface area contributed by atoms with Crippen molar-refractivity contribution in [3.63, 3.8) is 0 Å². The fourth-order valence-corrected chi connectivity index (χ4v) is 2.81. The molecule has 150 valence electrons. The molecule has 2 rings (SSSR count). The first-order valence-electron chi connectivity index (χ1n) is 8.90. The van der Waals surface area contributed by atoms with Gasteiger partial charge in [0.2, 0.25) is 0 Å². The van der Waals surface area contributed by atoms with Crippen molar-refractivity contribution >= 4 is 12.0 Å². The molecule has 7 heteroatoms. The van der Waals surface area contributed by atoms with Gasteiger partial charge in [-0.2, -0.15) is 0 Å². The van der Waals surface area contributed by atoms with Gasteiger partial charge in [0.1, 0.15) is 17.1 Å². The van der Waals surface area contributed by atoms with Crippen molar-refractivity contribution in [3.05, 3.63) is 65.0 Å². The third-order valence-corrected chi connectivity index (χ3v) is 4.30. The quantitative estimate of drug-likeness (QED) is 0.707. The Morgan fingerprint density at radius 2 is 1.75 bits per heavy atom. The Kier molecular flexibility index (Phi) is 7.37. The van der Waals surface area contributed by atoms with Gasteiger partial charge in [-0.05, 0) is 41.3 Å². The summed E-state index contributed by atoms with van der Waals surface area (Å²) in [6, 6.07) is 10.5. The number of esters is 1. The van der Waals surface area contributed by atoms with Crippen LogP contribution in [0.4, 0.5) is 9.18 Å².